The normalized spacial score (nSPS) is 10.4. The van der Waals surface area contributed by atoms with Crippen molar-refractivity contribution < 1.29 is 43.7 Å². The molecule has 0 N–H and O–H groups in total. The number of hydrogen-bond acceptors (Lipinski definition) is 10. The molecule has 0 aliphatic carbocycles. The zero-order valence-corrected chi connectivity index (χ0v) is 36.0. The number of ether oxygens (including phenoxy) is 4. The van der Waals surface area contributed by atoms with Crippen LogP contribution in [0, 0.1) is 0 Å². The second-order valence-electron chi connectivity index (χ2n) is 11.9. The van der Waals surface area contributed by atoms with E-state index in [2.05, 4.69) is 63.4 Å². The minimum Gasteiger partial charge on any atom is -0.489 e. The van der Waals surface area contributed by atoms with Crippen molar-refractivity contribution in [1.29, 1.82) is 0 Å². The van der Waals surface area contributed by atoms with Gasteiger partial charge in [0.1, 0.15) is 37.9 Å². The summed E-state index contributed by atoms with van der Waals surface area (Å²) >= 11 is 13.8. The summed E-state index contributed by atoms with van der Waals surface area (Å²) in [6.45, 7) is 11.7. The molecule has 4 aromatic rings. The Morgan fingerprint density at radius 3 is 1.60 bits per heavy atom. The van der Waals surface area contributed by atoms with E-state index in [-0.39, 0.29) is 11.9 Å². The van der Waals surface area contributed by atoms with E-state index in [1.807, 2.05) is 91.0 Å². The number of nitrogens with zero attached hydrogens (tertiary/aromatic N) is 2. The summed E-state index contributed by atoms with van der Waals surface area (Å²) in [4.78, 5) is 37.6. The number of benzene rings is 4. The van der Waals surface area contributed by atoms with Crippen LogP contribution in [0.1, 0.15) is 63.4 Å². The third-order valence-corrected chi connectivity index (χ3v) is 7.48. The van der Waals surface area contributed by atoms with Crippen molar-refractivity contribution in [3.05, 3.63) is 120 Å². The van der Waals surface area contributed by atoms with E-state index in [9.17, 15) is 23.3 Å². The van der Waals surface area contributed by atoms with Crippen molar-refractivity contribution in [2.45, 2.75) is 53.8 Å². The first-order valence-corrected chi connectivity index (χ1v) is 22.5. The van der Waals surface area contributed by atoms with Gasteiger partial charge in [0.05, 0.1) is 27.2 Å². The Balaban J connectivity index is 0.000000490. The smallest absolute Gasteiger partial charge is 0.339 e. The van der Waals surface area contributed by atoms with Gasteiger partial charge in [-0.25, -0.2) is 0 Å². The van der Waals surface area contributed by atoms with Crippen molar-refractivity contribution in [3.8, 4) is 11.5 Å². The van der Waals surface area contributed by atoms with E-state index in [1.165, 1.54) is 13.8 Å². The molecule has 4 rings (SSSR count). The molecule has 312 valence electrons. The van der Waals surface area contributed by atoms with Crippen LogP contribution in [0.25, 0.3) is 0 Å². The molecule has 0 amide bonds. The molecule has 0 atom stereocenters. The lowest BCUT2D eigenvalue weighted by atomic mass is 10.1. The van der Waals surface area contributed by atoms with Crippen LogP contribution in [-0.2, 0) is 36.8 Å². The molecule has 0 aliphatic rings. The summed E-state index contributed by atoms with van der Waals surface area (Å²) in [5.41, 5.74) is 4.71. The van der Waals surface area contributed by atoms with Gasteiger partial charge in [0, 0.05) is 50.4 Å². The lowest BCUT2D eigenvalue weighted by molar-refractivity contribution is -0.141. The fourth-order valence-electron chi connectivity index (χ4n) is 5.07. The average Bonchev–Trinajstić information content (AvgIpc) is 3.19. The molecular weight excluding hydrogens is 817 g/mol. The summed E-state index contributed by atoms with van der Waals surface area (Å²) in [6, 6.07) is 33.5. The van der Waals surface area contributed by atoms with Crippen molar-refractivity contribution in [2.75, 3.05) is 56.3 Å². The Bertz CT molecular complexity index is 1790. The summed E-state index contributed by atoms with van der Waals surface area (Å²) in [7, 11) is -1.00. The molecule has 4 aromatic carbocycles. The predicted octanol–water partition coefficient (Wildman–Crippen LogP) is 11.3. The Kier molecular flexibility index (Phi) is 25.6. The first-order valence-electron chi connectivity index (χ1n) is 18.8. The van der Waals surface area contributed by atoms with E-state index in [1.54, 1.807) is 6.07 Å². The predicted molar refractivity (Wildman–Crippen MR) is 230 cm³/mol. The minimum atomic E-state index is -3.22. The summed E-state index contributed by atoms with van der Waals surface area (Å²) < 4.78 is 46.9. The molecule has 0 saturated heterocycles. The molecule has 0 heterocycles. The molecule has 10 nitrogen and oxygen atoms in total. The molecule has 0 spiro atoms. The first kappa shape index (κ1) is 48.9. The highest BCUT2D eigenvalue weighted by Gasteiger charge is 2.12. The van der Waals surface area contributed by atoms with Gasteiger partial charge < -0.3 is 28.7 Å². The van der Waals surface area contributed by atoms with E-state index in [0.29, 0.717) is 50.8 Å². The van der Waals surface area contributed by atoms with Gasteiger partial charge in [-0.05, 0) is 82.0 Å². The number of esters is 2. The summed E-state index contributed by atoms with van der Waals surface area (Å²) in [5.74, 6) is 0.857. The lowest BCUT2D eigenvalue weighted by Gasteiger charge is -2.25. The van der Waals surface area contributed by atoms with Gasteiger partial charge in [-0.3, -0.25) is 23.3 Å². The Labute approximate surface area is 352 Å². The van der Waals surface area contributed by atoms with Crippen molar-refractivity contribution in [2.24, 2.45) is 0 Å². The van der Waals surface area contributed by atoms with E-state index in [0.717, 1.165) is 60.5 Å². The zero-order chi connectivity index (χ0) is 43.2. The van der Waals surface area contributed by atoms with Gasteiger partial charge in [0.15, 0.2) is 6.29 Å². The van der Waals surface area contributed by atoms with Crippen molar-refractivity contribution >= 4 is 68.5 Å². The van der Waals surface area contributed by atoms with Gasteiger partial charge in [-0.2, -0.15) is 0 Å². The van der Waals surface area contributed by atoms with Gasteiger partial charge in [0.25, 0.3) is 0 Å². The minimum absolute atomic E-state index is 0.244. The third kappa shape index (κ3) is 24.2. The van der Waals surface area contributed by atoms with Gasteiger partial charge in [-0.1, -0.05) is 80.6 Å². The van der Waals surface area contributed by atoms with Gasteiger partial charge >= 0.3 is 17.1 Å². The van der Waals surface area contributed by atoms with Crippen molar-refractivity contribution in [1.82, 2.24) is 0 Å². The Hall–Kier alpha value is -4.28. The maximum Gasteiger partial charge on any atom is 0.339 e. The summed E-state index contributed by atoms with van der Waals surface area (Å²) in [6.07, 6.45) is 2.78. The second kappa shape index (κ2) is 29.9. The van der Waals surface area contributed by atoms with E-state index >= 15 is 0 Å². The largest absolute Gasteiger partial charge is 0.489 e. The van der Waals surface area contributed by atoms with Crippen LogP contribution in [0.15, 0.2) is 103 Å². The number of anilines is 2. The highest BCUT2D eigenvalue weighted by atomic mass is 36.0. The number of carbonyl (C=O) groups excluding carboxylic acids is 3. The van der Waals surface area contributed by atoms with Crippen LogP contribution >= 0.6 is 38.9 Å². The van der Waals surface area contributed by atoms with Crippen molar-refractivity contribution in [3.63, 3.8) is 0 Å². The molecule has 57 heavy (non-hydrogen) atoms. The topological polar surface area (TPSA) is 112 Å². The maximum absolute atomic E-state index is 11.3. The molecule has 0 bridgehead atoms. The van der Waals surface area contributed by atoms with Crippen LogP contribution < -0.4 is 19.3 Å². The fourth-order valence-corrected chi connectivity index (χ4v) is 5.07. The lowest BCUT2D eigenvalue weighted by Crippen LogP contribution is -2.28. The number of hydrogen-bond donors (Lipinski definition) is 0. The SMILES string of the molecule is CCCN(CCOC(C)=O)c1ccc(C=O)c(OCc2ccccc2)c1.CCCN(CCOC(C)=O)c1cccc(OCc2ccccc2)c1.O=P(Cl)(Cl)Cl.[2H]CF. The Morgan fingerprint density at radius 2 is 1.16 bits per heavy atom. The van der Waals surface area contributed by atoms with Crippen LogP contribution in [0.2, 0.25) is 0 Å². The highest BCUT2D eigenvalue weighted by molar-refractivity contribution is 8.24. The second-order valence-corrected chi connectivity index (χ2v) is 18.6. The van der Waals surface area contributed by atoms with Crippen LogP contribution in [-0.4, -0.2) is 64.8 Å². The molecule has 0 saturated carbocycles. The molecule has 15 heteroatoms. The number of rotatable bonds is 19. The molecule has 0 fully saturated rings. The standard InChI is InChI=1S/C21H25NO4.C20H25NO3.CH3F.Cl3OP/c1-3-11-22(12-13-25-17(2)24)20-10-9-19(15-23)21(14-20)26-16-18-7-5-4-6-8-18;1-3-12-21(13-14-23-17(2)22)19-10-7-11-20(15-19)24-16-18-8-5-4-6-9-18;1-2;1-5(2,3)4/h4-10,14-15H,3,11-13,16H2,1-2H3;4-11,15H,3,12-14,16H2,1-2H3;1H3;/i;;1D;. The molecule has 0 aliphatic heterocycles. The highest BCUT2D eigenvalue weighted by Crippen LogP contribution is 2.61. The first-order chi connectivity index (χ1) is 27.7. The van der Waals surface area contributed by atoms with Gasteiger partial charge in [0.2, 0.25) is 0 Å². The number of alkyl halides is 1. The van der Waals surface area contributed by atoms with Crippen LogP contribution in [0.5, 0.6) is 11.5 Å². The van der Waals surface area contributed by atoms with Gasteiger partial charge in [-0.15, -0.1) is 0 Å². The van der Waals surface area contributed by atoms with E-state index < -0.39 is 12.4 Å². The zero-order valence-electron chi connectivity index (χ0n) is 33.8. The average molecular weight is 871 g/mol. The Morgan fingerprint density at radius 1 is 0.702 bits per heavy atom. The number of carbonyl (C=O) groups is 3. The maximum atomic E-state index is 11.3. The van der Waals surface area contributed by atoms with Crippen LogP contribution in [0.3, 0.4) is 0 Å². The van der Waals surface area contributed by atoms with Crippen LogP contribution in [0.4, 0.5) is 15.8 Å². The number of aldehydes is 1. The fraction of sp³-hybridized carbons (Fsp3) is 0.357. The third-order valence-electron chi connectivity index (χ3n) is 7.48. The molecule has 0 radical (unpaired) electrons. The quantitative estimate of drug-likeness (QED) is 0.0513. The summed E-state index contributed by atoms with van der Waals surface area (Å²) in [5, 5.41) is -3.22. The van der Waals surface area contributed by atoms with E-state index in [4.69, 9.17) is 20.3 Å². The molecule has 0 unspecified atom stereocenters. The molecular formula is C42H53Cl3FN2O8P. The molecule has 0 aromatic heterocycles. The monoisotopic (exact) mass is 869 g/mol. The number of halogens is 4.